The Balaban J connectivity index is 3.02. The van der Waals surface area contributed by atoms with Crippen molar-refractivity contribution in [1.82, 2.24) is 9.62 Å². The predicted molar refractivity (Wildman–Crippen MR) is 87.7 cm³/mol. The maximum Gasteiger partial charge on any atom is 0.247 e. The van der Waals surface area contributed by atoms with Crippen LogP contribution in [0.4, 0.5) is 0 Å². The largest absolute Gasteiger partial charge is 0.452 e. The summed E-state index contributed by atoms with van der Waals surface area (Å²) < 4.78 is 32.8. The summed E-state index contributed by atoms with van der Waals surface area (Å²) in [5, 5.41) is 3.20. The normalized spacial score (nSPS) is 12.5. The van der Waals surface area contributed by atoms with Crippen molar-refractivity contribution in [2.24, 2.45) is 0 Å². The quantitative estimate of drug-likeness (QED) is 0.667. The molecule has 0 aliphatic heterocycles. The maximum atomic E-state index is 12.7. The Labute approximate surface area is 136 Å². The van der Waals surface area contributed by atoms with Gasteiger partial charge in [0.2, 0.25) is 10.0 Å². The van der Waals surface area contributed by atoms with Gasteiger partial charge in [0, 0.05) is 18.7 Å². The number of hydrogen-bond acceptors (Lipinski definition) is 4. The van der Waals surface area contributed by atoms with Crippen LogP contribution in [0.25, 0.3) is 0 Å². The highest BCUT2D eigenvalue weighted by molar-refractivity contribution is 9.10. The zero-order valence-corrected chi connectivity index (χ0v) is 15.6. The zero-order chi connectivity index (χ0) is 16.0. The smallest absolute Gasteiger partial charge is 0.247 e. The number of halogens is 1. The van der Waals surface area contributed by atoms with Crippen molar-refractivity contribution in [2.75, 3.05) is 13.1 Å². The van der Waals surface area contributed by atoms with E-state index in [2.05, 4.69) is 28.2 Å². The van der Waals surface area contributed by atoms with Gasteiger partial charge in [0.15, 0.2) is 4.67 Å². The van der Waals surface area contributed by atoms with Crippen molar-refractivity contribution in [3.63, 3.8) is 0 Å². The first-order valence-electron chi connectivity index (χ1n) is 7.35. The molecule has 0 saturated carbocycles. The molecule has 1 N–H and O–H groups in total. The van der Waals surface area contributed by atoms with Crippen LogP contribution in [0.3, 0.4) is 0 Å². The third-order valence-corrected chi connectivity index (χ3v) is 5.97. The van der Waals surface area contributed by atoms with Crippen molar-refractivity contribution in [2.45, 2.75) is 58.0 Å². The van der Waals surface area contributed by atoms with Gasteiger partial charge in [-0.05, 0) is 49.2 Å². The van der Waals surface area contributed by atoms with E-state index in [0.29, 0.717) is 18.8 Å². The SMILES string of the molecule is CCCNCc1cc(S(=O)(=O)N(CCC)C(C)C)c(Br)o1. The molecule has 122 valence electrons. The monoisotopic (exact) mass is 380 g/mol. The predicted octanol–water partition coefficient (Wildman–Crippen LogP) is 3.35. The number of rotatable bonds is 9. The molecule has 1 aromatic rings. The second-order valence-corrected chi connectivity index (χ2v) is 7.82. The molecule has 0 bridgehead atoms. The summed E-state index contributed by atoms with van der Waals surface area (Å²) in [6, 6.07) is 1.52. The lowest BCUT2D eigenvalue weighted by Crippen LogP contribution is -2.37. The summed E-state index contributed by atoms with van der Waals surface area (Å²) in [7, 11) is -3.54. The van der Waals surface area contributed by atoms with Crippen molar-refractivity contribution >= 4 is 26.0 Å². The van der Waals surface area contributed by atoms with E-state index < -0.39 is 10.0 Å². The number of nitrogens with one attached hydrogen (secondary N) is 1. The Bertz CT molecular complexity index is 540. The number of hydrogen-bond donors (Lipinski definition) is 1. The summed E-state index contributed by atoms with van der Waals surface area (Å²) in [4.78, 5) is 0.206. The van der Waals surface area contributed by atoms with Crippen LogP contribution in [0.15, 0.2) is 20.0 Å². The molecule has 0 unspecified atom stereocenters. The first kappa shape index (κ1) is 18.7. The van der Waals surface area contributed by atoms with Gasteiger partial charge in [0.1, 0.15) is 10.7 Å². The lowest BCUT2D eigenvalue weighted by Gasteiger charge is -2.24. The van der Waals surface area contributed by atoms with Crippen LogP contribution in [0, 0.1) is 0 Å². The highest BCUT2D eigenvalue weighted by Gasteiger charge is 2.30. The molecular formula is C14H25BrN2O3S. The van der Waals surface area contributed by atoms with Crippen molar-refractivity contribution in [1.29, 1.82) is 0 Å². The van der Waals surface area contributed by atoms with Crippen LogP contribution >= 0.6 is 15.9 Å². The minimum absolute atomic E-state index is 0.0848. The molecule has 1 heterocycles. The summed E-state index contributed by atoms with van der Waals surface area (Å²) in [5.74, 6) is 0.620. The zero-order valence-electron chi connectivity index (χ0n) is 13.1. The highest BCUT2D eigenvalue weighted by atomic mass is 79.9. The Morgan fingerprint density at radius 1 is 1.33 bits per heavy atom. The summed E-state index contributed by atoms with van der Waals surface area (Å²) in [6.07, 6.45) is 1.79. The van der Waals surface area contributed by atoms with Crippen molar-refractivity contribution < 1.29 is 12.8 Å². The third kappa shape index (κ3) is 4.81. The Kier molecular flexibility index (Phi) is 7.39. The highest BCUT2D eigenvalue weighted by Crippen LogP contribution is 2.29. The van der Waals surface area contributed by atoms with Crippen LogP contribution < -0.4 is 5.32 Å². The summed E-state index contributed by atoms with van der Waals surface area (Å²) in [6.45, 7) is 9.70. The molecule has 0 amide bonds. The van der Waals surface area contributed by atoms with Crippen LogP contribution in [0.5, 0.6) is 0 Å². The molecule has 21 heavy (non-hydrogen) atoms. The standard InChI is InChI=1S/C14H25BrN2O3S/c1-5-7-16-10-12-9-13(14(15)20-12)21(18,19)17(8-6-2)11(3)4/h9,11,16H,5-8,10H2,1-4H3. The molecule has 5 nitrogen and oxygen atoms in total. The van der Waals surface area contributed by atoms with Gasteiger partial charge in [-0.15, -0.1) is 0 Å². The molecule has 0 aliphatic carbocycles. The Hall–Kier alpha value is -0.370. The lowest BCUT2D eigenvalue weighted by atomic mass is 10.4. The third-order valence-electron chi connectivity index (χ3n) is 3.04. The fraction of sp³-hybridized carbons (Fsp3) is 0.714. The van der Waals surface area contributed by atoms with Gasteiger partial charge in [-0.3, -0.25) is 0 Å². The van der Waals surface area contributed by atoms with E-state index in [1.807, 2.05) is 20.8 Å². The van der Waals surface area contributed by atoms with Gasteiger partial charge in [-0.2, -0.15) is 4.31 Å². The van der Waals surface area contributed by atoms with Gasteiger partial charge in [0.25, 0.3) is 0 Å². The molecule has 0 saturated heterocycles. The topological polar surface area (TPSA) is 62.6 Å². The summed E-state index contributed by atoms with van der Waals surface area (Å²) >= 11 is 3.23. The first-order chi connectivity index (χ1) is 9.84. The fourth-order valence-corrected chi connectivity index (χ4v) is 4.74. The van der Waals surface area contributed by atoms with Crippen LogP contribution in [-0.2, 0) is 16.6 Å². The molecule has 0 spiro atoms. The van der Waals surface area contributed by atoms with E-state index in [4.69, 9.17) is 4.42 Å². The molecule has 0 fully saturated rings. The van der Waals surface area contributed by atoms with Gasteiger partial charge >= 0.3 is 0 Å². The van der Waals surface area contributed by atoms with Crippen molar-refractivity contribution in [3.05, 3.63) is 16.5 Å². The van der Waals surface area contributed by atoms with Gasteiger partial charge in [-0.1, -0.05) is 13.8 Å². The molecular weight excluding hydrogens is 356 g/mol. The van der Waals surface area contributed by atoms with E-state index in [-0.39, 0.29) is 15.6 Å². The second kappa shape index (κ2) is 8.31. The maximum absolute atomic E-state index is 12.7. The van der Waals surface area contributed by atoms with E-state index in [0.717, 1.165) is 19.4 Å². The molecule has 1 rings (SSSR count). The van der Waals surface area contributed by atoms with Gasteiger partial charge in [-0.25, -0.2) is 8.42 Å². The number of sulfonamides is 1. The molecule has 7 heteroatoms. The first-order valence-corrected chi connectivity index (χ1v) is 9.58. The Morgan fingerprint density at radius 3 is 2.52 bits per heavy atom. The summed E-state index contributed by atoms with van der Waals surface area (Å²) in [5.41, 5.74) is 0. The van der Waals surface area contributed by atoms with Crippen LogP contribution in [-0.4, -0.2) is 31.9 Å². The number of furan rings is 1. The van der Waals surface area contributed by atoms with Gasteiger partial charge in [0.05, 0.1) is 6.54 Å². The average molecular weight is 381 g/mol. The second-order valence-electron chi connectivity index (χ2n) is 5.24. The molecule has 0 atom stereocenters. The molecule has 1 aromatic heterocycles. The van der Waals surface area contributed by atoms with E-state index in [1.54, 1.807) is 6.07 Å². The minimum atomic E-state index is -3.54. The molecule has 0 radical (unpaired) electrons. The van der Waals surface area contributed by atoms with E-state index in [1.165, 1.54) is 4.31 Å². The average Bonchev–Trinajstić information content (AvgIpc) is 2.77. The van der Waals surface area contributed by atoms with E-state index >= 15 is 0 Å². The minimum Gasteiger partial charge on any atom is -0.452 e. The van der Waals surface area contributed by atoms with Crippen LogP contribution in [0.2, 0.25) is 0 Å². The molecule has 0 aromatic carbocycles. The lowest BCUT2D eigenvalue weighted by molar-refractivity contribution is 0.353. The van der Waals surface area contributed by atoms with Gasteiger partial charge < -0.3 is 9.73 Å². The Morgan fingerprint density at radius 2 is 2.00 bits per heavy atom. The van der Waals surface area contributed by atoms with Crippen LogP contribution in [0.1, 0.15) is 46.3 Å². The van der Waals surface area contributed by atoms with Crippen molar-refractivity contribution in [3.8, 4) is 0 Å². The van der Waals surface area contributed by atoms with E-state index in [9.17, 15) is 8.42 Å². The number of nitrogens with zero attached hydrogens (tertiary/aromatic N) is 1. The fourth-order valence-electron chi connectivity index (χ4n) is 2.05. The molecule has 0 aliphatic rings.